The van der Waals surface area contributed by atoms with Crippen LogP contribution in [0.2, 0.25) is 0 Å². The molecular formula is C17H17FN2O. The summed E-state index contributed by atoms with van der Waals surface area (Å²) in [5.41, 5.74) is 9.44. The topological polar surface area (TPSA) is 46.3 Å². The minimum atomic E-state index is -0.436. The van der Waals surface area contributed by atoms with Gasteiger partial charge in [0.25, 0.3) is 5.91 Å². The third-order valence-electron chi connectivity index (χ3n) is 4.02. The van der Waals surface area contributed by atoms with Gasteiger partial charge in [-0.1, -0.05) is 24.3 Å². The van der Waals surface area contributed by atoms with E-state index in [2.05, 4.69) is 0 Å². The average Bonchev–Trinajstić information content (AvgIpc) is 2.49. The van der Waals surface area contributed by atoms with Crippen LogP contribution in [0.4, 0.5) is 10.1 Å². The summed E-state index contributed by atoms with van der Waals surface area (Å²) >= 11 is 0. The first kappa shape index (κ1) is 13.6. The fourth-order valence-corrected chi connectivity index (χ4v) is 2.76. The molecule has 1 heterocycles. The standard InChI is InChI=1S/C17H17FN2O/c1-11-4-2-6-13(16(11)18)17(21)20-9-8-12-5-3-7-15(19)14(12)10-20/h2-7H,8-10,19H2,1H3. The zero-order chi connectivity index (χ0) is 15.0. The Hall–Kier alpha value is -2.36. The van der Waals surface area contributed by atoms with Gasteiger partial charge < -0.3 is 10.6 Å². The van der Waals surface area contributed by atoms with E-state index in [-0.39, 0.29) is 11.5 Å². The number of anilines is 1. The number of carbonyl (C=O) groups excluding carboxylic acids is 1. The normalized spacial score (nSPS) is 13.9. The lowest BCUT2D eigenvalue weighted by Crippen LogP contribution is -2.36. The Kier molecular flexibility index (Phi) is 3.37. The molecule has 2 aromatic rings. The molecule has 0 saturated carbocycles. The molecule has 0 spiro atoms. The number of benzene rings is 2. The van der Waals surface area contributed by atoms with Crippen molar-refractivity contribution in [2.45, 2.75) is 19.9 Å². The molecule has 1 aliphatic heterocycles. The minimum Gasteiger partial charge on any atom is -0.398 e. The summed E-state index contributed by atoms with van der Waals surface area (Å²) in [5, 5.41) is 0. The number of rotatable bonds is 1. The third kappa shape index (κ3) is 2.37. The van der Waals surface area contributed by atoms with E-state index in [1.807, 2.05) is 18.2 Å². The Bertz CT molecular complexity index is 712. The first-order chi connectivity index (χ1) is 10.1. The molecule has 0 radical (unpaired) electrons. The molecule has 108 valence electrons. The highest BCUT2D eigenvalue weighted by Gasteiger charge is 2.25. The lowest BCUT2D eigenvalue weighted by atomic mass is 9.97. The molecule has 0 saturated heterocycles. The number of hydrogen-bond donors (Lipinski definition) is 1. The molecule has 0 atom stereocenters. The Morgan fingerprint density at radius 3 is 2.81 bits per heavy atom. The second-order valence-corrected chi connectivity index (χ2v) is 5.40. The Morgan fingerprint density at radius 1 is 1.24 bits per heavy atom. The largest absolute Gasteiger partial charge is 0.398 e. The molecule has 1 aliphatic rings. The fourth-order valence-electron chi connectivity index (χ4n) is 2.76. The van der Waals surface area contributed by atoms with Gasteiger partial charge in [0.2, 0.25) is 0 Å². The number of nitrogens with zero attached hydrogens (tertiary/aromatic N) is 1. The quantitative estimate of drug-likeness (QED) is 0.818. The van der Waals surface area contributed by atoms with E-state index in [4.69, 9.17) is 5.73 Å². The fraction of sp³-hybridized carbons (Fsp3) is 0.235. The molecule has 0 unspecified atom stereocenters. The van der Waals surface area contributed by atoms with Crippen molar-refractivity contribution in [2.24, 2.45) is 0 Å². The molecule has 3 rings (SSSR count). The average molecular weight is 284 g/mol. The molecule has 2 aromatic carbocycles. The zero-order valence-electron chi connectivity index (χ0n) is 11.9. The van der Waals surface area contributed by atoms with E-state index < -0.39 is 5.82 Å². The summed E-state index contributed by atoms with van der Waals surface area (Å²) in [6.45, 7) is 2.69. The summed E-state index contributed by atoms with van der Waals surface area (Å²) < 4.78 is 14.1. The third-order valence-corrected chi connectivity index (χ3v) is 4.02. The first-order valence-electron chi connectivity index (χ1n) is 6.98. The van der Waals surface area contributed by atoms with Crippen LogP contribution in [0.5, 0.6) is 0 Å². The van der Waals surface area contributed by atoms with Gasteiger partial charge in [0.15, 0.2) is 0 Å². The summed E-state index contributed by atoms with van der Waals surface area (Å²) in [6.07, 6.45) is 0.750. The van der Waals surface area contributed by atoms with Crippen molar-refractivity contribution in [1.82, 2.24) is 4.90 Å². The Labute approximate surface area is 123 Å². The van der Waals surface area contributed by atoms with Crippen LogP contribution >= 0.6 is 0 Å². The molecule has 0 fully saturated rings. The van der Waals surface area contributed by atoms with Crippen molar-refractivity contribution in [3.8, 4) is 0 Å². The molecule has 0 aromatic heterocycles. The number of hydrogen-bond acceptors (Lipinski definition) is 2. The van der Waals surface area contributed by atoms with Crippen LogP contribution < -0.4 is 5.73 Å². The summed E-state index contributed by atoms with van der Waals surface area (Å²) in [4.78, 5) is 14.2. The summed E-state index contributed by atoms with van der Waals surface area (Å²) in [6, 6.07) is 10.7. The highest BCUT2D eigenvalue weighted by molar-refractivity contribution is 5.95. The molecule has 3 nitrogen and oxygen atoms in total. The van der Waals surface area contributed by atoms with Crippen LogP contribution in [0, 0.1) is 12.7 Å². The second kappa shape index (κ2) is 5.20. The van der Waals surface area contributed by atoms with Gasteiger partial charge in [-0.2, -0.15) is 0 Å². The first-order valence-corrected chi connectivity index (χ1v) is 6.98. The monoisotopic (exact) mass is 284 g/mol. The van der Waals surface area contributed by atoms with Crippen LogP contribution in [-0.4, -0.2) is 17.4 Å². The zero-order valence-corrected chi connectivity index (χ0v) is 11.9. The maximum Gasteiger partial charge on any atom is 0.257 e. The minimum absolute atomic E-state index is 0.132. The Morgan fingerprint density at radius 2 is 2.00 bits per heavy atom. The van der Waals surface area contributed by atoms with Crippen LogP contribution in [-0.2, 0) is 13.0 Å². The molecule has 0 aliphatic carbocycles. The molecule has 2 N–H and O–H groups in total. The van der Waals surface area contributed by atoms with Crippen molar-refractivity contribution in [1.29, 1.82) is 0 Å². The highest BCUT2D eigenvalue weighted by Crippen LogP contribution is 2.26. The van der Waals surface area contributed by atoms with E-state index in [1.165, 1.54) is 11.6 Å². The Balaban J connectivity index is 1.91. The number of halogens is 1. The summed E-state index contributed by atoms with van der Waals surface area (Å²) in [5.74, 6) is -0.709. The molecular weight excluding hydrogens is 267 g/mol. The van der Waals surface area contributed by atoms with E-state index in [0.29, 0.717) is 24.3 Å². The second-order valence-electron chi connectivity index (χ2n) is 5.40. The van der Waals surface area contributed by atoms with Gasteiger partial charge in [-0.3, -0.25) is 4.79 Å². The van der Waals surface area contributed by atoms with Gasteiger partial charge in [0.1, 0.15) is 5.82 Å². The molecule has 1 amide bonds. The van der Waals surface area contributed by atoms with Crippen molar-refractivity contribution < 1.29 is 9.18 Å². The maximum absolute atomic E-state index is 14.1. The van der Waals surface area contributed by atoms with Crippen molar-refractivity contribution in [3.05, 3.63) is 64.5 Å². The maximum atomic E-state index is 14.1. The van der Waals surface area contributed by atoms with Gasteiger partial charge >= 0.3 is 0 Å². The van der Waals surface area contributed by atoms with Crippen molar-refractivity contribution in [2.75, 3.05) is 12.3 Å². The van der Waals surface area contributed by atoms with Crippen molar-refractivity contribution >= 4 is 11.6 Å². The van der Waals surface area contributed by atoms with Crippen LogP contribution in [0.15, 0.2) is 36.4 Å². The number of fused-ring (bicyclic) bond motifs is 1. The van der Waals surface area contributed by atoms with Crippen molar-refractivity contribution in [3.63, 3.8) is 0 Å². The molecule has 0 bridgehead atoms. The van der Waals surface area contributed by atoms with Gasteiger partial charge in [0, 0.05) is 18.8 Å². The lowest BCUT2D eigenvalue weighted by Gasteiger charge is -2.30. The van der Waals surface area contributed by atoms with Gasteiger partial charge in [-0.25, -0.2) is 4.39 Å². The van der Waals surface area contributed by atoms with E-state index >= 15 is 0 Å². The number of nitrogens with two attached hydrogens (primary N) is 1. The van der Waals surface area contributed by atoms with Gasteiger partial charge in [-0.05, 0) is 42.2 Å². The van der Waals surface area contributed by atoms with E-state index in [1.54, 1.807) is 24.0 Å². The van der Waals surface area contributed by atoms with E-state index in [9.17, 15) is 9.18 Å². The SMILES string of the molecule is Cc1cccc(C(=O)N2CCc3cccc(N)c3C2)c1F. The lowest BCUT2D eigenvalue weighted by molar-refractivity contribution is 0.0730. The van der Waals surface area contributed by atoms with Crippen LogP contribution in [0.3, 0.4) is 0 Å². The summed E-state index contributed by atoms with van der Waals surface area (Å²) in [7, 11) is 0. The number of amides is 1. The number of aryl methyl sites for hydroxylation is 1. The smallest absolute Gasteiger partial charge is 0.257 e. The van der Waals surface area contributed by atoms with Crippen LogP contribution in [0.1, 0.15) is 27.0 Å². The number of nitrogen functional groups attached to an aromatic ring is 1. The van der Waals surface area contributed by atoms with Gasteiger partial charge in [-0.15, -0.1) is 0 Å². The number of carbonyl (C=O) groups is 1. The highest BCUT2D eigenvalue weighted by atomic mass is 19.1. The van der Waals surface area contributed by atoms with E-state index in [0.717, 1.165) is 12.0 Å². The molecule has 21 heavy (non-hydrogen) atoms. The predicted octanol–water partition coefficient (Wildman–Crippen LogP) is 2.91. The molecule has 4 heteroatoms. The predicted molar refractivity (Wildman–Crippen MR) is 80.4 cm³/mol. The van der Waals surface area contributed by atoms with Gasteiger partial charge in [0.05, 0.1) is 5.56 Å². The van der Waals surface area contributed by atoms with Crippen LogP contribution in [0.25, 0.3) is 0 Å².